The molecule has 4 aliphatic carbocycles. The molecule has 0 spiro atoms. The van der Waals surface area contributed by atoms with Crippen molar-refractivity contribution in [1.29, 1.82) is 0 Å². The summed E-state index contributed by atoms with van der Waals surface area (Å²) in [5, 5.41) is 4.87. The number of benzene rings is 9. The van der Waals surface area contributed by atoms with E-state index < -0.39 is 0 Å². The van der Waals surface area contributed by atoms with Crippen LogP contribution in [-0.4, -0.2) is 7.11 Å². The number of methoxy groups -OCH3 is 1. The van der Waals surface area contributed by atoms with Gasteiger partial charge in [-0.05, 0) is 190 Å². The summed E-state index contributed by atoms with van der Waals surface area (Å²) in [5.41, 5.74) is 16.2. The van der Waals surface area contributed by atoms with Crippen molar-refractivity contribution < 1.29 is 49.7 Å². The fourth-order valence-corrected chi connectivity index (χ4v) is 18.3. The zero-order valence-corrected chi connectivity index (χ0v) is 69.8. The number of hydrogen-bond donors (Lipinski definition) is 0. The fourth-order valence-electron chi connectivity index (χ4n) is 18.3. The Hall–Kier alpha value is -11.5. The smallest absolute Gasteiger partial charge is 0.497 e. The molecule has 16 nitrogen and oxygen atoms in total. The van der Waals surface area contributed by atoms with Crippen molar-refractivity contribution in [2.75, 3.05) is 7.11 Å². The molecule has 4 saturated carbocycles. The van der Waals surface area contributed by atoms with E-state index in [1.54, 1.807) is 16.2 Å². The van der Waals surface area contributed by atoms with Gasteiger partial charge in [0.15, 0.2) is 89.6 Å². The van der Waals surface area contributed by atoms with Crippen LogP contribution in [0, 0.1) is 52.4 Å². The van der Waals surface area contributed by atoms with Gasteiger partial charge < -0.3 is 26.8 Å². The minimum absolute atomic E-state index is 0.219. The molecule has 0 aliphatic heterocycles. The summed E-state index contributed by atoms with van der Waals surface area (Å²) in [6.45, 7) is 21.5. The maximum atomic E-state index is 12.6. The van der Waals surface area contributed by atoms with Crippen LogP contribution in [0.2, 0.25) is 0 Å². The summed E-state index contributed by atoms with van der Waals surface area (Å²) in [6.07, 6.45) is 29.7. The normalized spacial score (nSPS) is 18.3. The van der Waals surface area contributed by atoms with Crippen LogP contribution in [0.1, 0.15) is 212 Å². The summed E-state index contributed by atoms with van der Waals surface area (Å²) in [6, 6.07) is 64.4. The van der Waals surface area contributed by atoms with Crippen LogP contribution in [0.3, 0.4) is 0 Å². The molecule has 0 radical (unpaired) electrons. The summed E-state index contributed by atoms with van der Waals surface area (Å²) in [5.74, 6) is 1.07. The van der Waals surface area contributed by atoms with Gasteiger partial charge in [0.1, 0.15) is 5.75 Å². The summed E-state index contributed by atoms with van der Waals surface area (Å²) < 4.78 is 42.6. The van der Waals surface area contributed by atoms with E-state index in [2.05, 4.69) is 114 Å². The molecule has 9 aromatic carbocycles. The molecular formula is C101H112N5O11+5. The zero-order chi connectivity index (χ0) is 82.0. The number of rotatable bonds is 11. The SMILES string of the molecule is CC(C)(c1ccccc1)c1cccc2c[n+](Cc3ccccc3)c(=O)oc12.COc1cc(C)c2oc(=O)[n+](C3CCCCC3C)cc2c1.Cc1cc(-c2ccccc2)cc2c[n+](C3CCCCC3)c(=O)oc12.Cc1cc(-c2ccccc2)cc2c[n+](C3CCCCC3C)c(=O)oc12.Cc1cc(C)c2oc(=O)[n+](C3CCCCC3C)cc2c1. The van der Waals surface area contributed by atoms with E-state index in [0.29, 0.717) is 46.6 Å². The molecule has 6 unspecified atom stereocenters. The number of para-hydroxylation sites is 1. The van der Waals surface area contributed by atoms with E-state index in [4.69, 9.17) is 26.8 Å². The molecule has 0 bridgehead atoms. The maximum absolute atomic E-state index is 12.6. The van der Waals surface area contributed by atoms with Crippen LogP contribution in [0.5, 0.6) is 5.75 Å². The fraction of sp³-hybridized carbons (Fsp3) is 0.366. The number of nitrogens with zero attached hydrogens (tertiary/aromatic N) is 5. The third-order valence-corrected chi connectivity index (χ3v) is 24.9. The third kappa shape index (κ3) is 18.8. The first-order valence-corrected chi connectivity index (χ1v) is 42.2. The van der Waals surface area contributed by atoms with E-state index in [-0.39, 0.29) is 58.4 Å². The van der Waals surface area contributed by atoms with Gasteiger partial charge in [-0.15, -0.1) is 22.8 Å². The van der Waals surface area contributed by atoms with Crippen molar-refractivity contribution in [3.8, 4) is 28.0 Å². The number of ether oxygens (including phenoxy) is 1. The largest absolute Gasteiger partial charge is 0.602 e. The molecule has 14 aromatic rings. The summed E-state index contributed by atoms with van der Waals surface area (Å²) in [7, 11) is 1.65. The molecule has 5 heterocycles. The maximum Gasteiger partial charge on any atom is 0.602 e. The van der Waals surface area contributed by atoms with E-state index in [1.165, 1.54) is 99.3 Å². The predicted molar refractivity (Wildman–Crippen MR) is 461 cm³/mol. The Bertz CT molecular complexity index is 6170. The van der Waals surface area contributed by atoms with Gasteiger partial charge >= 0.3 is 28.8 Å². The lowest BCUT2D eigenvalue weighted by Crippen LogP contribution is -2.55. The van der Waals surface area contributed by atoms with Gasteiger partial charge in [0.2, 0.25) is 0 Å². The van der Waals surface area contributed by atoms with Crippen molar-refractivity contribution in [3.05, 3.63) is 316 Å². The topological polar surface area (TPSA) is 180 Å². The molecule has 117 heavy (non-hydrogen) atoms. The van der Waals surface area contributed by atoms with Gasteiger partial charge in [-0.3, -0.25) is 0 Å². The first-order valence-electron chi connectivity index (χ1n) is 42.2. The first-order chi connectivity index (χ1) is 56.6. The Morgan fingerprint density at radius 2 is 0.735 bits per heavy atom. The molecule has 6 atom stereocenters. The van der Waals surface area contributed by atoms with Gasteiger partial charge in [-0.25, -0.2) is 0 Å². The third-order valence-electron chi connectivity index (χ3n) is 24.9. The lowest BCUT2D eigenvalue weighted by molar-refractivity contribution is -0.753. The molecule has 602 valence electrons. The summed E-state index contributed by atoms with van der Waals surface area (Å²) >= 11 is 0. The molecule has 5 aromatic heterocycles. The van der Waals surface area contributed by atoms with Gasteiger partial charge in [-0.1, -0.05) is 200 Å². The van der Waals surface area contributed by atoms with E-state index in [1.807, 2.05) is 188 Å². The monoisotopic (exact) mass is 1570 g/mol. The molecule has 4 fully saturated rings. The van der Waals surface area contributed by atoms with Gasteiger partial charge in [-0.2, -0.15) is 24.0 Å². The number of fused-ring (bicyclic) bond motifs is 5. The van der Waals surface area contributed by atoms with Gasteiger partial charge in [0.05, 0.1) is 34.0 Å². The highest BCUT2D eigenvalue weighted by atomic mass is 16.5. The Kier molecular flexibility index (Phi) is 25.8. The van der Waals surface area contributed by atoms with E-state index in [9.17, 15) is 24.0 Å². The molecule has 0 amide bonds. The van der Waals surface area contributed by atoms with Crippen LogP contribution >= 0.6 is 0 Å². The highest BCUT2D eigenvalue weighted by Gasteiger charge is 2.37. The minimum Gasteiger partial charge on any atom is -0.497 e. The number of aromatic nitrogens is 5. The Balaban J connectivity index is 0.000000121. The second kappa shape index (κ2) is 36.7. The van der Waals surface area contributed by atoms with Gasteiger partial charge in [0.25, 0.3) is 0 Å². The van der Waals surface area contributed by atoms with Crippen LogP contribution < -0.4 is 56.4 Å². The molecule has 18 rings (SSSR count). The van der Waals surface area contributed by atoms with Crippen LogP contribution in [0.25, 0.3) is 77.1 Å². The average Bonchev–Trinajstić information content (AvgIpc) is 0.780. The Labute approximate surface area is 684 Å². The first kappa shape index (κ1) is 82.0. The highest BCUT2D eigenvalue weighted by molar-refractivity contribution is 5.86. The van der Waals surface area contributed by atoms with E-state index >= 15 is 0 Å². The molecule has 16 heteroatoms. The lowest BCUT2D eigenvalue weighted by Gasteiger charge is -2.26. The zero-order valence-electron chi connectivity index (χ0n) is 69.8. The molecule has 0 N–H and O–H groups in total. The van der Waals surface area contributed by atoms with Crippen molar-refractivity contribution in [2.45, 2.75) is 215 Å². The second-order valence-corrected chi connectivity index (χ2v) is 33.7. The predicted octanol–water partition coefficient (Wildman–Crippen LogP) is 20.4. The molecule has 0 saturated heterocycles. The van der Waals surface area contributed by atoms with Crippen molar-refractivity contribution in [2.24, 2.45) is 17.8 Å². The Morgan fingerprint density at radius 1 is 0.350 bits per heavy atom. The minimum atomic E-state index is -0.345. The van der Waals surface area contributed by atoms with Crippen molar-refractivity contribution >= 4 is 54.8 Å². The lowest BCUT2D eigenvalue weighted by atomic mass is 9.77. The highest BCUT2D eigenvalue weighted by Crippen LogP contribution is 2.38. The number of aryl methyl sites for hydroxylation is 5. The van der Waals surface area contributed by atoms with Crippen molar-refractivity contribution in [3.63, 3.8) is 0 Å². The van der Waals surface area contributed by atoms with Gasteiger partial charge in [0, 0.05) is 66.4 Å². The second-order valence-electron chi connectivity index (χ2n) is 33.7. The summed E-state index contributed by atoms with van der Waals surface area (Å²) in [4.78, 5) is 62.3. The Morgan fingerprint density at radius 3 is 1.20 bits per heavy atom. The van der Waals surface area contributed by atoms with Crippen LogP contribution in [0.4, 0.5) is 0 Å². The van der Waals surface area contributed by atoms with Crippen molar-refractivity contribution in [1.82, 2.24) is 0 Å². The quantitative estimate of drug-likeness (QED) is 0.112. The number of hydrogen-bond acceptors (Lipinski definition) is 11. The average molecular weight is 1570 g/mol. The molecular weight excluding hydrogens is 1460 g/mol. The van der Waals surface area contributed by atoms with E-state index in [0.717, 1.165) is 115 Å². The standard InChI is InChI=1S/C24H22NO2.C22H24NO2.C21H22NO2.C17H22NO3.C17H22NO2/c1-24(2,20-13-7-4-8-14-20)21-15-9-12-19-17-25(23(26)27-22(19)21)16-18-10-5-3-6-11-18;1-15-8-6-7-11-20(15)23-14-19-13-18(17-9-4-3-5-10-17)12-16(2)21(19)25-22(23)24;1-15-12-17(16-8-4-2-5-9-16)13-18-14-22(21(23)24-20(15)18)19-10-6-3-7-11-19;1-11-6-4-5-7-15(11)18-10-13-9-14(20-3)8-12(2)16(13)21-17(18)19;1-11-8-13(3)16-14(9-11)10-18(17(19)20-16)15-7-5-4-6-12(15)2/h3-15,17H,16H2,1-2H3;3-5,9-10,12-15,20H,6-8,11H2,1-2H3;2,4-5,8-9,12-14,19H,3,6-7,10-11H2,1H3;8-11,15H,4-7H2,1-3H3;8-10,12,15H,4-7H2,1-3H3/q5*+1. The van der Waals surface area contributed by atoms with Crippen LogP contribution in [-0.2, 0) is 12.0 Å². The van der Waals surface area contributed by atoms with Crippen LogP contribution in [0.15, 0.2) is 265 Å². The molecule has 4 aliphatic rings.